The summed E-state index contributed by atoms with van der Waals surface area (Å²) in [5, 5.41) is 0. The van der Waals surface area contributed by atoms with Gasteiger partial charge in [-0.05, 0) is 32.7 Å². The molecule has 0 aromatic rings. The second-order valence-electron chi connectivity index (χ2n) is 3.84. The van der Waals surface area contributed by atoms with Crippen LogP contribution in [0.4, 0.5) is 0 Å². The lowest BCUT2D eigenvalue weighted by atomic mass is 10.1. The highest BCUT2D eigenvalue weighted by Gasteiger charge is 2.54. The summed E-state index contributed by atoms with van der Waals surface area (Å²) in [6.07, 6.45) is 2.89. The first-order chi connectivity index (χ1) is 4.72. The maximum absolute atomic E-state index is 5.80. The van der Waals surface area contributed by atoms with Crippen LogP contribution in [0.15, 0.2) is 0 Å². The minimum absolute atomic E-state index is 0.371. The normalized spacial score (nSPS) is 48.9. The van der Waals surface area contributed by atoms with Crippen LogP contribution in [-0.4, -0.2) is 30.1 Å². The molecule has 1 saturated carbocycles. The number of nitrogens with zero attached hydrogens (tertiary/aromatic N) is 1. The average Bonchev–Trinajstić information content (AvgIpc) is 2.57. The van der Waals surface area contributed by atoms with Crippen LogP contribution in [0.2, 0.25) is 0 Å². The number of nitrogens with two attached hydrogens (primary N) is 1. The van der Waals surface area contributed by atoms with E-state index in [-0.39, 0.29) is 0 Å². The lowest BCUT2D eigenvalue weighted by Crippen LogP contribution is -2.25. The van der Waals surface area contributed by atoms with Gasteiger partial charge in [0.15, 0.2) is 0 Å². The van der Waals surface area contributed by atoms with Gasteiger partial charge in [-0.2, -0.15) is 0 Å². The molecule has 0 radical (unpaired) electrons. The van der Waals surface area contributed by atoms with Crippen molar-refractivity contribution in [2.75, 3.05) is 7.05 Å². The van der Waals surface area contributed by atoms with Crippen molar-refractivity contribution in [3.05, 3.63) is 0 Å². The third-order valence-corrected chi connectivity index (χ3v) is 2.84. The predicted octanol–water partition coefficient (Wildman–Crippen LogP) is 0.426. The summed E-state index contributed by atoms with van der Waals surface area (Å²) in [6.45, 7) is 2.11. The van der Waals surface area contributed by atoms with Gasteiger partial charge in [-0.3, -0.25) is 4.90 Å². The summed E-state index contributed by atoms with van der Waals surface area (Å²) in [7, 11) is 2.19. The van der Waals surface area contributed by atoms with Crippen molar-refractivity contribution in [2.45, 2.75) is 37.9 Å². The molecule has 2 nitrogen and oxygen atoms in total. The molecule has 1 heterocycles. The van der Waals surface area contributed by atoms with Crippen molar-refractivity contribution in [2.24, 2.45) is 11.7 Å². The van der Waals surface area contributed by atoms with Crippen LogP contribution in [0.3, 0.4) is 0 Å². The summed E-state index contributed by atoms with van der Waals surface area (Å²) in [5.74, 6) is 1.00. The maximum Gasteiger partial charge on any atom is 0.0403 e. The predicted molar refractivity (Wildman–Crippen MR) is 41.7 cm³/mol. The molecule has 10 heavy (non-hydrogen) atoms. The zero-order valence-corrected chi connectivity index (χ0v) is 6.75. The van der Waals surface area contributed by atoms with Crippen molar-refractivity contribution in [3.8, 4) is 0 Å². The molecule has 0 spiro atoms. The van der Waals surface area contributed by atoms with E-state index in [1.54, 1.807) is 0 Å². The zero-order valence-electron chi connectivity index (χ0n) is 6.75. The van der Waals surface area contributed by atoms with E-state index in [9.17, 15) is 0 Å². The lowest BCUT2D eigenvalue weighted by Gasteiger charge is -1.99. The summed E-state index contributed by atoms with van der Waals surface area (Å²) in [5.41, 5.74) is 5.80. The second kappa shape index (κ2) is 1.95. The van der Waals surface area contributed by atoms with Crippen molar-refractivity contribution < 1.29 is 0 Å². The molecule has 0 aromatic heterocycles. The minimum Gasteiger partial charge on any atom is -0.326 e. The van der Waals surface area contributed by atoms with Crippen LogP contribution in [0.1, 0.15) is 19.8 Å². The van der Waals surface area contributed by atoms with Crippen LogP contribution in [0.5, 0.6) is 0 Å². The van der Waals surface area contributed by atoms with Gasteiger partial charge in [0.05, 0.1) is 0 Å². The second-order valence-corrected chi connectivity index (χ2v) is 3.84. The number of hydrogen-bond donors (Lipinski definition) is 1. The number of rotatable bonds is 2. The lowest BCUT2D eigenvalue weighted by molar-refractivity contribution is 0.533. The highest BCUT2D eigenvalue weighted by atomic mass is 15.4. The van der Waals surface area contributed by atoms with Gasteiger partial charge in [-0.1, -0.05) is 0 Å². The summed E-state index contributed by atoms with van der Waals surface area (Å²) in [4.78, 5) is 2.42. The average molecular weight is 140 g/mol. The molecule has 2 rings (SSSR count). The highest BCUT2D eigenvalue weighted by molar-refractivity contribution is 5.10. The van der Waals surface area contributed by atoms with Gasteiger partial charge in [0.25, 0.3) is 0 Å². The Kier molecular flexibility index (Phi) is 1.29. The molecule has 2 aliphatic rings. The molecule has 2 fully saturated rings. The van der Waals surface area contributed by atoms with E-state index in [2.05, 4.69) is 18.9 Å². The van der Waals surface area contributed by atoms with E-state index in [1.807, 2.05) is 0 Å². The molecule has 58 valence electrons. The molecule has 0 amide bonds. The van der Waals surface area contributed by atoms with E-state index in [0.29, 0.717) is 12.1 Å². The van der Waals surface area contributed by atoms with E-state index in [1.165, 1.54) is 12.8 Å². The molecule has 2 N–H and O–H groups in total. The third-order valence-electron chi connectivity index (χ3n) is 2.84. The Labute approximate surface area is 62.4 Å². The Hall–Kier alpha value is -0.0800. The molecule has 3 unspecified atom stereocenters. The zero-order chi connectivity index (χ0) is 7.30. The Morgan fingerprint density at radius 3 is 2.40 bits per heavy atom. The van der Waals surface area contributed by atoms with Gasteiger partial charge < -0.3 is 5.73 Å². The monoisotopic (exact) mass is 140 g/mol. The van der Waals surface area contributed by atoms with E-state index in [4.69, 9.17) is 5.73 Å². The Morgan fingerprint density at radius 1 is 1.50 bits per heavy atom. The fourth-order valence-electron chi connectivity index (χ4n) is 2.12. The van der Waals surface area contributed by atoms with Crippen molar-refractivity contribution in [1.82, 2.24) is 4.90 Å². The first kappa shape index (κ1) is 6.62. The van der Waals surface area contributed by atoms with Crippen LogP contribution >= 0.6 is 0 Å². The first-order valence-corrected chi connectivity index (χ1v) is 4.19. The summed E-state index contributed by atoms with van der Waals surface area (Å²) >= 11 is 0. The SMILES string of the molecule is CC(N)C1C(C2CC2)[N@]1C. The number of likely N-dealkylation sites (N-methyl/N-ethyl adjacent to an activating group) is 1. The third kappa shape index (κ3) is 0.867. The largest absolute Gasteiger partial charge is 0.326 e. The maximum atomic E-state index is 5.80. The van der Waals surface area contributed by atoms with Gasteiger partial charge in [0.1, 0.15) is 0 Å². The van der Waals surface area contributed by atoms with Crippen molar-refractivity contribution >= 4 is 0 Å². The van der Waals surface area contributed by atoms with Crippen LogP contribution in [0.25, 0.3) is 0 Å². The van der Waals surface area contributed by atoms with E-state index >= 15 is 0 Å². The fourth-order valence-corrected chi connectivity index (χ4v) is 2.12. The Bertz CT molecular complexity index is 132. The van der Waals surface area contributed by atoms with Gasteiger partial charge >= 0.3 is 0 Å². The molecule has 0 aromatic carbocycles. The summed E-state index contributed by atoms with van der Waals surface area (Å²) in [6, 6.07) is 1.92. The standard InChI is InChI=1S/C8H16N2/c1-5(9)7-8(10(7)2)6-3-4-6/h5-8H,3-4,9H2,1-2H3/t5?,7?,8?,10-/m1/s1. The van der Waals surface area contributed by atoms with Gasteiger partial charge in [-0.15, -0.1) is 0 Å². The van der Waals surface area contributed by atoms with Crippen molar-refractivity contribution in [1.29, 1.82) is 0 Å². The van der Waals surface area contributed by atoms with Crippen LogP contribution < -0.4 is 5.73 Å². The van der Waals surface area contributed by atoms with Crippen molar-refractivity contribution in [3.63, 3.8) is 0 Å². The first-order valence-electron chi connectivity index (χ1n) is 4.19. The fraction of sp³-hybridized carbons (Fsp3) is 1.00. The van der Waals surface area contributed by atoms with E-state index < -0.39 is 0 Å². The molecule has 2 heteroatoms. The van der Waals surface area contributed by atoms with Gasteiger partial charge in [-0.25, -0.2) is 0 Å². The van der Waals surface area contributed by atoms with E-state index in [0.717, 1.165) is 12.0 Å². The topological polar surface area (TPSA) is 29.0 Å². The van der Waals surface area contributed by atoms with Crippen LogP contribution in [-0.2, 0) is 0 Å². The molecule has 1 aliphatic carbocycles. The smallest absolute Gasteiger partial charge is 0.0403 e. The molecular weight excluding hydrogens is 124 g/mol. The quantitative estimate of drug-likeness (QED) is 0.563. The molecular formula is C8H16N2. The van der Waals surface area contributed by atoms with Gasteiger partial charge in [0, 0.05) is 18.1 Å². The molecule has 1 aliphatic heterocycles. The Balaban J connectivity index is 1.90. The van der Waals surface area contributed by atoms with Gasteiger partial charge in [0.2, 0.25) is 0 Å². The molecule has 4 atom stereocenters. The molecule has 0 bridgehead atoms. The van der Waals surface area contributed by atoms with Crippen LogP contribution in [0, 0.1) is 5.92 Å². The Morgan fingerprint density at radius 2 is 2.10 bits per heavy atom. The number of hydrogen-bond acceptors (Lipinski definition) is 2. The summed E-state index contributed by atoms with van der Waals surface area (Å²) < 4.78 is 0. The highest BCUT2D eigenvalue weighted by Crippen LogP contribution is 2.46. The molecule has 1 saturated heterocycles. The minimum atomic E-state index is 0.371.